The van der Waals surface area contributed by atoms with Gasteiger partial charge in [-0.1, -0.05) is 127 Å². The molecule has 0 aliphatic rings. The lowest BCUT2D eigenvalue weighted by Gasteiger charge is -2.27. The Morgan fingerprint density at radius 3 is 1.81 bits per heavy atom. The number of anilines is 3. The predicted molar refractivity (Wildman–Crippen MR) is 233 cm³/mol. The molecule has 248 valence electrons. The zero-order valence-corrected chi connectivity index (χ0v) is 30.3. The lowest BCUT2D eigenvalue weighted by atomic mass is 9.95. The minimum Gasteiger partial charge on any atom is -0.310 e. The molecule has 3 heteroatoms. The Balaban J connectivity index is 1.13. The summed E-state index contributed by atoms with van der Waals surface area (Å²) in [5.41, 5.74) is 8.41. The van der Waals surface area contributed by atoms with E-state index < -0.39 is 0 Å². The summed E-state index contributed by atoms with van der Waals surface area (Å²) in [6, 6.07) is 69.2. The molecule has 0 unspecified atom stereocenters. The van der Waals surface area contributed by atoms with Crippen molar-refractivity contribution in [2.45, 2.75) is 0 Å². The van der Waals surface area contributed by atoms with Gasteiger partial charge in [0, 0.05) is 51.7 Å². The van der Waals surface area contributed by atoms with Crippen molar-refractivity contribution in [1.29, 1.82) is 0 Å². The van der Waals surface area contributed by atoms with Crippen LogP contribution in [0.25, 0.3) is 84.1 Å². The highest BCUT2D eigenvalue weighted by Crippen LogP contribution is 2.48. The molecule has 0 radical (unpaired) electrons. The second-order valence-electron chi connectivity index (χ2n) is 13.7. The summed E-state index contributed by atoms with van der Waals surface area (Å²) >= 11 is 3.74. The molecule has 9 aromatic carbocycles. The van der Waals surface area contributed by atoms with E-state index in [0.29, 0.717) is 0 Å². The van der Waals surface area contributed by atoms with Gasteiger partial charge in [-0.25, -0.2) is 0 Å². The molecule has 0 aliphatic carbocycles. The zero-order valence-electron chi connectivity index (χ0n) is 28.7. The minimum absolute atomic E-state index is 1.13. The van der Waals surface area contributed by atoms with Gasteiger partial charge >= 0.3 is 0 Å². The molecule has 2 aromatic heterocycles. The Morgan fingerprint density at radius 1 is 0.321 bits per heavy atom. The van der Waals surface area contributed by atoms with E-state index >= 15 is 0 Å². The quantitative estimate of drug-likeness (QED) is 0.161. The van der Waals surface area contributed by atoms with Crippen LogP contribution in [-0.2, 0) is 0 Å². The molecule has 0 N–H and O–H groups in total. The number of nitrogens with zero attached hydrogens (tertiary/aromatic N) is 1. The van der Waals surface area contributed by atoms with Gasteiger partial charge in [0.05, 0.1) is 5.69 Å². The van der Waals surface area contributed by atoms with Crippen molar-refractivity contribution < 1.29 is 0 Å². The molecule has 0 fully saturated rings. The Morgan fingerprint density at radius 2 is 0.943 bits per heavy atom. The largest absolute Gasteiger partial charge is 0.310 e. The van der Waals surface area contributed by atoms with Crippen molar-refractivity contribution >= 4 is 102 Å². The third-order valence-electron chi connectivity index (χ3n) is 10.6. The number of rotatable bonds is 5. The lowest BCUT2D eigenvalue weighted by Crippen LogP contribution is -2.10. The molecule has 0 saturated heterocycles. The summed E-state index contributed by atoms with van der Waals surface area (Å²) in [5, 5.41) is 10.3. The SMILES string of the molecule is c1ccc(-c2ccc(N(c3ccc4sc5cccc(-c6ccc7c(ccc8ccccc87)c6)c5c4c3)c3cccc4sc5ccccc5c34)cc2)cc1. The van der Waals surface area contributed by atoms with Gasteiger partial charge in [-0.05, 0) is 104 Å². The maximum absolute atomic E-state index is 2.46. The van der Waals surface area contributed by atoms with E-state index in [1.807, 2.05) is 22.7 Å². The molecule has 0 spiro atoms. The lowest BCUT2D eigenvalue weighted by molar-refractivity contribution is 1.31. The summed E-state index contributed by atoms with van der Waals surface area (Å²) in [4.78, 5) is 2.46. The van der Waals surface area contributed by atoms with Gasteiger partial charge < -0.3 is 4.90 Å². The van der Waals surface area contributed by atoms with Crippen molar-refractivity contribution in [3.05, 3.63) is 188 Å². The minimum atomic E-state index is 1.13. The first-order valence-electron chi connectivity index (χ1n) is 18.0. The van der Waals surface area contributed by atoms with Crippen LogP contribution in [0.1, 0.15) is 0 Å². The van der Waals surface area contributed by atoms with E-state index in [1.165, 1.54) is 89.8 Å². The summed E-state index contributed by atoms with van der Waals surface area (Å²) in [5.74, 6) is 0. The highest BCUT2D eigenvalue weighted by atomic mass is 32.1. The summed E-state index contributed by atoms with van der Waals surface area (Å²) < 4.78 is 5.20. The monoisotopic (exact) mass is 709 g/mol. The van der Waals surface area contributed by atoms with Crippen LogP contribution in [0.4, 0.5) is 17.1 Å². The third kappa shape index (κ3) is 4.97. The van der Waals surface area contributed by atoms with Crippen molar-refractivity contribution in [2.75, 3.05) is 4.90 Å². The van der Waals surface area contributed by atoms with Crippen molar-refractivity contribution in [3.8, 4) is 22.3 Å². The molecule has 0 bridgehead atoms. The second kappa shape index (κ2) is 12.2. The van der Waals surface area contributed by atoms with Gasteiger partial charge in [-0.15, -0.1) is 22.7 Å². The van der Waals surface area contributed by atoms with Crippen LogP contribution in [0, 0.1) is 0 Å². The van der Waals surface area contributed by atoms with E-state index in [9.17, 15) is 0 Å². The molecule has 11 aromatic rings. The van der Waals surface area contributed by atoms with Crippen LogP contribution in [0.2, 0.25) is 0 Å². The normalized spacial score (nSPS) is 11.8. The maximum atomic E-state index is 2.46. The van der Waals surface area contributed by atoms with Crippen LogP contribution in [-0.4, -0.2) is 0 Å². The topological polar surface area (TPSA) is 3.24 Å². The molecular weight excluding hydrogens is 679 g/mol. The molecule has 0 saturated carbocycles. The van der Waals surface area contributed by atoms with Crippen molar-refractivity contribution in [3.63, 3.8) is 0 Å². The molecule has 0 aliphatic heterocycles. The Bertz CT molecular complexity index is 3170. The van der Waals surface area contributed by atoms with Gasteiger partial charge in [0.25, 0.3) is 0 Å². The van der Waals surface area contributed by atoms with E-state index in [2.05, 4.69) is 193 Å². The van der Waals surface area contributed by atoms with E-state index in [0.717, 1.165) is 11.4 Å². The smallest absolute Gasteiger partial charge is 0.0554 e. The van der Waals surface area contributed by atoms with Crippen LogP contribution >= 0.6 is 22.7 Å². The molecule has 2 heterocycles. The summed E-state index contributed by atoms with van der Waals surface area (Å²) in [7, 11) is 0. The van der Waals surface area contributed by atoms with Gasteiger partial charge in [0.15, 0.2) is 0 Å². The van der Waals surface area contributed by atoms with Crippen LogP contribution in [0.3, 0.4) is 0 Å². The summed E-state index contributed by atoms with van der Waals surface area (Å²) in [6.45, 7) is 0. The van der Waals surface area contributed by atoms with Gasteiger partial charge in [0.1, 0.15) is 0 Å². The van der Waals surface area contributed by atoms with Gasteiger partial charge in [-0.3, -0.25) is 0 Å². The third-order valence-corrected chi connectivity index (χ3v) is 12.9. The van der Waals surface area contributed by atoms with E-state index in [4.69, 9.17) is 0 Å². The van der Waals surface area contributed by atoms with Crippen molar-refractivity contribution in [1.82, 2.24) is 0 Å². The van der Waals surface area contributed by atoms with E-state index in [1.54, 1.807) is 0 Å². The molecular formula is C50H31NS2. The molecule has 1 nitrogen and oxygen atoms in total. The van der Waals surface area contributed by atoms with Crippen LogP contribution < -0.4 is 4.90 Å². The van der Waals surface area contributed by atoms with Gasteiger partial charge in [-0.2, -0.15) is 0 Å². The first-order chi connectivity index (χ1) is 26.3. The Hall–Kier alpha value is -6.26. The molecule has 53 heavy (non-hydrogen) atoms. The average Bonchev–Trinajstić information content (AvgIpc) is 3.80. The van der Waals surface area contributed by atoms with Crippen molar-refractivity contribution in [2.24, 2.45) is 0 Å². The Labute approximate surface area is 315 Å². The average molecular weight is 710 g/mol. The number of hydrogen-bond donors (Lipinski definition) is 0. The number of fused-ring (bicyclic) bond motifs is 9. The standard InChI is InChI=1S/C50H31NS2/c1-2-10-32(11-3-1)33-22-25-37(26-23-33)51(44-16-9-19-48-50(44)42-14-6-7-17-45(42)52-48)38-27-29-46-43(31-38)49-41(15-8-18-47(49)53-46)36-24-28-40-35(30-36)21-20-34-12-4-5-13-39(34)40/h1-31H. The summed E-state index contributed by atoms with van der Waals surface area (Å²) in [6.07, 6.45) is 0. The van der Waals surface area contributed by atoms with Gasteiger partial charge in [0.2, 0.25) is 0 Å². The highest BCUT2D eigenvalue weighted by Gasteiger charge is 2.20. The fraction of sp³-hybridized carbons (Fsp3) is 0. The molecule has 0 amide bonds. The van der Waals surface area contributed by atoms with Crippen LogP contribution in [0.15, 0.2) is 188 Å². The van der Waals surface area contributed by atoms with Crippen LogP contribution in [0.5, 0.6) is 0 Å². The molecule has 0 atom stereocenters. The zero-order chi connectivity index (χ0) is 34.9. The number of thiophene rings is 2. The Kier molecular flexibility index (Phi) is 6.97. The fourth-order valence-corrected chi connectivity index (χ4v) is 10.4. The maximum Gasteiger partial charge on any atom is 0.0554 e. The first-order valence-corrected chi connectivity index (χ1v) is 19.6. The molecule has 11 rings (SSSR count). The number of hydrogen-bond acceptors (Lipinski definition) is 3. The predicted octanol–water partition coefficient (Wildman–Crippen LogP) is 15.5. The second-order valence-corrected chi connectivity index (χ2v) is 15.8. The highest BCUT2D eigenvalue weighted by molar-refractivity contribution is 7.26. The first kappa shape index (κ1) is 30.4. The van der Waals surface area contributed by atoms with E-state index in [-0.39, 0.29) is 0 Å². The number of benzene rings is 9. The fourth-order valence-electron chi connectivity index (χ4n) is 8.18.